The predicted molar refractivity (Wildman–Crippen MR) is 47.2 cm³/mol. The van der Waals surface area contributed by atoms with E-state index in [0.717, 1.165) is 5.75 Å². The van der Waals surface area contributed by atoms with E-state index in [1.54, 1.807) is 0 Å². The van der Waals surface area contributed by atoms with Crippen LogP contribution in [0.5, 0.6) is 0 Å². The quantitative estimate of drug-likeness (QED) is 0.381. The molecule has 0 bridgehead atoms. The number of rotatable bonds is 6. The third kappa shape index (κ3) is 11.6. The van der Waals surface area contributed by atoms with Gasteiger partial charge < -0.3 is 0 Å². The molecule has 64 valence electrons. The summed E-state index contributed by atoms with van der Waals surface area (Å²) in [5.41, 5.74) is 0. The Balaban J connectivity index is 0. The summed E-state index contributed by atoms with van der Waals surface area (Å²) in [6.07, 6.45) is 8.27. The van der Waals surface area contributed by atoms with Crippen LogP contribution in [-0.4, -0.2) is 5.75 Å². The molecule has 0 nitrogen and oxygen atoms in total. The van der Waals surface area contributed by atoms with Gasteiger partial charge in [0.1, 0.15) is 0 Å². The van der Waals surface area contributed by atoms with Gasteiger partial charge in [0.05, 0.1) is 0 Å². The zero-order valence-electron chi connectivity index (χ0n) is 6.75. The first kappa shape index (κ1) is 13.5. The zero-order valence-corrected chi connectivity index (χ0v) is 8.75. The van der Waals surface area contributed by atoms with Gasteiger partial charge in [0.15, 0.2) is 0 Å². The number of thiol groups is 1. The van der Waals surface area contributed by atoms with Crippen molar-refractivity contribution < 1.29 is 17.1 Å². The molecule has 0 aliphatic heterocycles. The molecule has 0 aliphatic rings. The minimum absolute atomic E-state index is 0. The largest absolute Gasteiger partial charge is 0.179 e. The van der Waals surface area contributed by atoms with Crippen LogP contribution in [0.4, 0.5) is 0 Å². The van der Waals surface area contributed by atoms with Crippen LogP contribution in [0, 0.1) is 0 Å². The first-order chi connectivity index (χ1) is 4.41. The van der Waals surface area contributed by atoms with Gasteiger partial charge in [-0.15, -0.1) is 0 Å². The summed E-state index contributed by atoms with van der Waals surface area (Å²) in [5, 5.41) is 0. The summed E-state index contributed by atoms with van der Waals surface area (Å²) in [6.45, 7) is 2.25. The second kappa shape index (κ2) is 12.5. The molecule has 0 saturated carbocycles. The second-order valence-electron chi connectivity index (χ2n) is 2.49. The molecule has 10 heavy (non-hydrogen) atoms. The van der Waals surface area contributed by atoms with Crippen molar-refractivity contribution in [2.75, 3.05) is 5.75 Å². The molecule has 0 amide bonds. The molecule has 0 aromatic carbocycles. The zero-order chi connectivity index (χ0) is 6.95. The predicted octanol–water partition coefficient (Wildman–Crippen LogP) is 3.27. The van der Waals surface area contributed by atoms with Gasteiger partial charge in [-0.2, -0.15) is 12.6 Å². The summed E-state index contributed by atoms with van der Waals surface area (Å²) < 4.78 is 0. The molecule has 0 unspecified atom stereocenters. The normalized spacial score (nSPS) is 9.00. The molecule has 0 aliphatic carbocycles. The molecule has 0 aromatic rings. The summed E-state index contributed by atoms with van der Waals surface area (Å²) in [7, 11) is 0. The fourth-order valence-electron chi connectivity index (χ4n) is 0.892. The summed E-state index contributed by atoms with van der Waals surface area (Å²) in [6, 6.07) is 0. The van der Waals surface area contributed by atoms with Gasteiger partial charge in [-0.1, -0.05) is 39.0 Å². The van der Waals surface area contributed by atoms with Crippen molar-refractivity contribution in [2.24, 2.45) is 0 Å². The van der Waals surface area contributed by atoms with Gasteiger partial charge >= 0.3 is 0 Å². The van der Waals surface area contributed by atoms with E-state index in [4.69, 9.17) is 0 Å². The van der Waals surface area contributed by atoms with Crippen molar-refractivity contribution in [1.82, 2.24) is 0 Å². The molecule has 0 N–H and O–H groups in total. The van der Waals surface area contributed by atoms with E-state index in [1.807, 2.05) is 0 Å². The molecule has 0 heterocycles. The fraction of sp³-hybridized carbons (Fsp3) is 1.00. The monoisotopic (exact) mass is 202 g/mol. The Bertz CT molecular complexity index is 42.5. The molecular formula is C8H18FeS. The van der Waals surface area contributed by atoms with Crippen LogP contribution in [0.25, 0.3) is 0 Å². The van der Waals surface area contributed by atoms with Crippen LogP contribution < -0.4 is 0 Å². The van der Waals surface area contributed by atoms with Crippen molar-refractivity contribution in [3.63, 3.8) is 0 Å². The van der Waals surface area contributed by atoms with Crippen molar-refractivity contribution in [2.45, 2.75) is 45.4 Å². The Morgan fingerprint density at radius 2 is 1.40 bits per heavy atom. The minimum Gasteiger partial charge on any atom is -0.179 e. The molecule has 0 atom stereocenters. The number of hydrogen-bond donors (Lipinski definition) is 1. The van der Waals surface area contributed by atoms with Gasteiger partial charge in [-0.05, 0) is 12.2 Å². The van der Waals surface area contributed by atoms with Gasteiger partial charge in [-0.25, -0.2) is 0 Å². The summed E-state index contributed by atoms with van der Waals surface area (Å²) >= 11 is 4.15. The number of hydrogen-bond acceptors (Lipinski definition) is 1. The molecular weight excluding hydrogens is 184 g/mol. The molecule has 0 aromatic heterocycles. The summed E-state index contributed by atoms with van der Waals surface area (Å²) in [4.78, 5) is 0. The molecule has 0 radical (unpaired) electrons. The Morgan fingerprint density at radius 3 is 1.90 bits per heavy atom. The Kier molecular flexibility index (Phi) is 16.9. The molecule has 0 saturated heterocycles. The van der Waals surface area contributed by atoms with Crippen LogP contribution in [0.1, 0.15) is 45.4 Å². The van der Waals surface area contributed by atoms with E-state index in [9.17, 15) is 0 Å². The topological polar surface area (TPSA) is 0 Å². The van der Waals surface area contributed by atoms with Crippen LogP contribution in [-0.2, 0) is 17.1 Å². The summed E-state index contributed by atoms with van der Waals surface area (Å²) in [5.74, 6) is 1.06. The van der Waals surface area contributed by atoms with Gasteiger partial charge in [0.25, 0.3) is 0 Å². The standard InChI is InChI=1S/C8H18S.Fe/c1-2-3-4-5-6-7-8-9;/h9H,2-8H2,1H3;. The van der Waals surface area contributed by atoms with E-state index in [2.05, 4.69) is 19.6 Å². The molecule has 2 heteroatoms. The average Bonchev–Trinajstić information content (AvgIpc) is 1.89. The van der Waals surface area contributed by atoms with E-state index < -0.39 is 0 Å². The van der Waals surface area contributed by atoms with Crippen LogP contribution >= 0.6 is 12.6 Å². The number of unbranched alkanes of at least 4 members (excludes halogenated alkanes) is 5. The van der Waals surface area contributed by atoms with E-state index in [-0.39, 0.29) is 17.1 Å². The molecule has 0 spiro atoms. The second-order valence-corrected chi connectivity index (χ2v) is 2.94. The van der Waals surface area contributed by atoms with Gasteiger partial charge in [0.2, 0.25) is 0 Å². The Labute approximate surface area is 81.0 Å². The first-order valence-corrected chi connectivity index (χ1v) is 4.66. The van der Waals surface area contributed by atoms with Crippen LogP contribution in [0.3, 0.4) is 0 Å². The van der Waals surface area contributed by atoms with E-state index in [1.165, 1.54) is 38.5 Å². The van der Waals surface area contributed by atoms with Crippen LogP contribution in [0.15, 0.2) is 0 Å². The van der Waals surface area contributed by atoms with Crippen LogP contribution in [0.2, 0.25) is 0 Å². The molecule has 0 rings (SSSR count). The average molecular weight is 202 g/mol. The first-order valence-electron chi connectivity index (χ1n) is 4.02. The SMILES string of the molecule is CCCCCCCCS.[Fe]. The van der Waals surface area contributed by atoms with E-state index >= 15 is 0 Å². The van der Waals surface area contributed by atoms with E-state index in [0.29, 0.717) is 0 Å². The third-order valence-corrected chi connectivity index (χ3v) is 1.83. The van der Waals surface area contributed by atoms with Crippen molar-refractivity contribution >= 4 is 12.6 Å². The molecule has 0 fully saturated rings. The smallest absolute Gasteiger partial charge is 0 e. The Morgan fingerprint density at radius 1 is 0.900 bits per heavy atom. The maximum Gasteiger partial charge on any atom is 0 e. The Hall–Kier alpha value is 0.869. The van der Waals surface area contributed by atoms with Crippen molar-refractivity contribution in [1.29, 1.82) is 0 Å². The fourth-order valence-corrected chi connectivity index (χ4v) is 1.12. The van der Waals surface area contributed by atoms with Gasteiger partial charge in [-0.3, -0.25) is 0 Å². The minimum atomic E-state index is 0. The maximum absolute atomic E-state index is 4.15. The van der Waals surface area contributed by atoms with Gasteiger partial charge in [0, 0.05) is 17.1 Å². The van der Waals surface area contributed by atoms with Crippen molar-refractivity contribution in [3.8, 4) is 0 Å². The van der Waals surface area contributed by atoms with Crippen molar-refractivity contribution in [3.05, 3.63) is 0 Å². The third-order valence-electron chi connectivity index (χ3n) is 1.51. The maximum atomic E-state index is 4.15.